The van der Waals surface area contributed by atoms with Gasteiger partial charge in [-0.1, -0.05) is 83.7 Å². The summed E-state index contributed by atoms with van der Waals surface area (Å²) in [7, 11) is 0. The second-order valence-electron chi connectivity index (χ2n) is 7.82. The minimum absolute atomic E-state index is 0.0257. The SMILES string of the molecule is CCCC(I)c1ccccc1Oc1ncccc1Nc1nc(C(F)(F)F)c(-c2cccc(C=O)c2)s1. The summed E-state index contributed by atoms with van der Waals surface area (Å²) in [6, 6.07) is 17.0. The Balaban J connectivity index is 1.68. The molecule has 2 aromatic carbocycles. The van der Waals surface area contributed by atoms with Crippen LogP contribution in [0.15, 0.2) is 66.9 Å². The van der Waals surface area contributed by atoms with Gasteiger partial charge in [-0.3, -0.25) is 4.79 Å². The zero-order chi connectivity index (χ0) is 25.7. The van der Waals surface area contributed by atoms with Crippen LogP contribution in [0.3, 0.4) is 0 Å². The van der Waals surface area contributed by atoms with Crippen LogP contribution in [-0.2, 0) is 6.18 Å². The average Bonchev–Trinajstić information content (AvgIpc) is 3.30. The molecule has 0 fully saturated rings. The maximum Gasteiger partial charge on any atom is 0.434 e. The van der Waals surface area contributed by atoms with Crippen LogP contribution in [0.4, 0.5) is 24.0 Å². The molecule has 36 heavy (non-hydrogen) atoms. The number of aldehydes is 1. The fourth-order valence-electron chi connectivity index (χ4n) is 3.54. The Hall–Kier alpha value is -2.99. The van der Waals surface area contributed by atoms with Crippen LogP contribution >= 0.6 is 33.9 Å². The topological polar surface area (TPSA) is 64.1 Å². The summed E-state index contributed by atoms with van der Waals surface area (Å²) < 4.78 is 47.9. The molecule has 0 radical (unpaired) electrons. The number of hydrogen-bond donors (Lipinski definition) is 1. The predicted octanol–water partition coefficient (Wildman–Crippen LogP) is 8.85. The fraction of sp³-hybridized carbons (Fsp3) is 0.192. The highest BCUT2D eigenvalue weighted by atomic mass is 127. The predicted molar refractivity (Wildman–Crippen MR) is 144 cm³/mol. The van der Waals surface area contributed by atoms with Gasteiger partial charge in [0.05, 0.1) is 4.88 Å². The van der Waals surface area contributed by atoms with E-state index in [0.29, 0.717) is 17.7 Å². The molecule has 2 heterocycles. The van der Waals surface area contributed by atoms with Crippen LogP contribution in [0, 0.1) is 0 Å². The number of halogens is 4. The van der Waals surface area contributed by atoms with Crippen molar-refractivity contribution >= 4 is 51.0 Å². The van der Waals surface area contributed by atoms with Gasteiger partial charge in [-0.15, -0.1) is 0 Å². The molecule has 0 aliphatic heterocycles. The summed E-state index contributed by atoms with van der Waals surface area (Å²) >= 11 is 3.22. The van der Waals surface area contributed by atoms with Crippen molar-refractivity contribution in [3.05, 3.63) is 83.7 Å². The number of anilines is 2. The number of pyridine rings is 1. The van der Waals surface area contributed by atoms with Crippen molar-refractivity contribution in [3.8, 4) is 22.1 Å². The Bertz CT molecular complexity index is 1360. The third-order valence-corrected chi connectivity index (χ3v) is 7.51. The lowest BCUT2D eigenvalue weighted by atomic mass is 10.1. The normalized spacial score (nSPS) is 12.2. The number of nitrogens with zero attached hydrogens (tertiary/aromatic N) is 2. The third kappa shape index (κ3) is 6.04. The van der Waals surface area contributed by atoms with Gasteiger partial charge in [0, 0.05) is 21.2 Å². The van der Waals surface area contributed by atoms with Gasteiger partial charge in [-0.05, 0) is 36.2 Å². The number of alkyl halides is 4. The van der Waals surface area contributed by atoms with Gasteiger partial charge >= 0.3 is 6.18 Å². The number of benzene rings is 2. The van der Waals surface area contributed by atoms with E-state index in [2.05, 4.69) is 44.8 Å². The second-order valence-corrected chi connectivity index (χ2v) is 10.3. The van der Waals surface area contributed by atoms with Gasteiger partial charge in [0.1, 0.15) is 17.7 Å². The lowest BCUT2D eigenvalue weighted by Crippen LogP contribution is -2.07. The molecular weight excluding hydrogens is 602 g/mol. The van der Waals surface area contributed by atoms with Crippen LogP contribution in [0.5, 0.6) is 11.6 Å². The molecule has 0 aliphatic rings. The number of nitrogens with one attached hydrogen (secondary N) is 1. The van der Waals surface area contributed by atoms with E-state index in [9.17, 15) is 18.0 Å². The number of ether oxygens (including phenoxy) is 1. The highest BCUT2D eigenvalue weighted by Gasteiger charge is 2.38. The van der Waals surface area contributed by atoms with E-state index in [0.717, 1.165) is 29.7 Å². The minimum Gasteiger partial charge on any atom is -0.437 e. The summed E-state index contributed by atoms with van der Waals surface area (Å²) in [5.41, 5.74) is 0.910. The standard InChI is InChI=1S/C26H21F3IN3O2S/c1-2-7-19(30)18-10-3-4-12-21(18)35-24-20(11-6-13-31-24)32-25-33-23(26(27,28)29)22(36-25)17-9-5-8-16(14-17)15-34/h3-6,8-15,19H,2,7H2,1H3,(H,32,33). The highest BCUT2D eigenvalue weighted by Crippen LogP contribution is 2.44. The number of para-hydroxylation sites is 1. The molecule has 4 aromatic rings. The summed E-state index contributed by atoms with van der Waals surface area (Å²) in [5, 5.41) is 2.97. The van der Waals surface area contributed by atoms with Gasteiger partial charge in [0.2, 0.25) is 5.88 Å². The van der Waals surface area contributed by atoms with Crippen LogP contribution in [0.1, 0.15) is 45.3 Å². The smallest absolute Gasteiger partial charge is 0.434 e. The molecule has 5 nitrogen and oxygen atoms in total. The maximum atomic E-state index is 13.8. The van der Waals surface area contributed by atoms with E-state index in [4.69, 9.17) is 4.74 Å². The van der Waals surface area contributed by atoms with Gasteiger partial charge in [0.25, 0.3) is 0 Å². The molecule has 10 heteroatoms. The number of carbonyl (C=O) groups is 1. The monoisotopic (exact) mass is 623 g/mol. The third-order valence-electron chi connectivity index (χ3n) is 5.20. The molecule has 186 valence electrons. The molecule has 2 aromatic heterocycles. The quantitative estimate of drug-likeness (QED) is 0.115. The minimum atomic E-state index is -4.68. The fourth-order valence-corrected chi connectivity index (χ4v) is 5.67. The highest BCUT2D eigenvalue weighted by molar-refractivity contribution is 14.1. The second kappa shape index (κ2) is 11.4. The van der Waals surface area contributed by atoms with Crippen molar-refractivity contribution < 1.29 is 22.7 Å². The van der Waals surface area contributed by atoms with Crippen molar-refractivity contribution in [3.63, 3.8) is 0 Å². The maximum absolute atomic E-state index is 13.8. The summed E-state index contributed by atoms with van der Waals surface area (Å²) in [4.78, 5) is 19.2. The van der Waals surface area contributed by atoms with E-state index in [1.807, 2.05) is 24.3 Å². The Labute approximate surface area is 223 Å². The van der Waals surface area contributed by atoms with Gasteiger partial charge in [-0.25, -0.2) is 9.97 Å². The van der Waals surface area contributed by atoms with Crippen LogP contribution in [-0.4, -0.2) is 16.3 Å². The summed E-state index contributed by atoms with van der Waals surface area (Å²) in [6.45, 7) is 2.11. The number of rotatable bonds is 9. The molecular formula is C26H21F3IN3O2S. The Morgan fingerprint density at radius 3 is 2.69 bits per heavy atom. The number of hydrogen-bond acceptors (Lipinski definition) is 6. The molecule has 1 atom stereocenters. The van der Waals surface area contributed by atoms with Gasteiger partial charge in [0.15, 0.2) is 10.8 Å². The van der Waals surface area contributed by atoms with E-state index < -0.39 is 11.9 Å². The van der Waals surface area contributed by atoms with Crippen LogP contribution < -0.4 is 10.1 Å². The first-order chi connectivity index (χ1) is 17.3. The molecule has 0 bridgehead atoms. The van der Waals surface area contributed by atoms with Crippen molar-refractivity contribution in [2.75, 3.05) is 5.32 Å². The first kappa shape index (κ1) is 26.1. The zero-order valence-electron chi connectivity index (χ0n) is 19.1. The van der Waals surface area contributed by atoms with Gasteiger partial charge < -0.3 is 10.1 Å². The molecule has 0 saturated heterocycles. The number of thiazole rings is 1. The molecule has 1 unspecified atom stereocenters. The van der Waals surface area contributed by atoms with E-state index >= 15 is 0 Å². The average molecular weight is 623 g/mol. The zero-order valence-corrected chi connectivity index (χ0v) is 22.0. The number of aromatic nitrogens is 2. The first-order valence-corrected chi connectivity index (χ1v) is 13.1. The Morgan fingerprint density at radius 1 is 1.14 bits per heavy atom. The Morgan fingerprint density at radius 2 is 1.94 bits per heavy atom. The van der Waals surface area contributed by atoms with E-state index in [-0.39, 0.29) is 30.9 Å². The first-order valence-electron chi connectivity index (χ1n) is 11.1. The lowest BCUT2D eigenvalue weighted by Gasteiger charge is -2.16. The largest absolute Gasteiger partial charge is 0.437 e. The summed E-state index contributed by atoms with van der Waals surface area (Å²) in [5.74, 6) is 0.854. The molecule has 0 saturated carbocycles. The molecule has 0 aliphatic carbocycles. The molecule has 1 N–H and O–H groups in total. The van der Waals surface area contributed by atoms with Crippen molar-refractivity contribution in [2.45, 2.75) is 29.9 Å². The molecule has 4 rings (SSSR count). The molecule has 0 spiro atoms. The van der Waals surface area contributed by atoms with E-state index in [1.165, 1.54) is 24.3 Å². The van der Waals surface area contributed by atoms with Crippen LogP contribution in [0.25, 0.3) is 10.4 Å². The van der Waals surface area contributed by atoms with Crippen LogP contribution in [0.2, 0.25) is 0 Å². The van der Waals surface area contributed by atoms with Crippen molar-refractivity contribution in [2.24, 2.45) is 0 Å². The van der Waals surface area contributed by atoms with E-state index in [1.54, 1.807) is 18.3 Å². The number of carbonyl (C=O) groups excluding carboxylic acids is 1. The Kier molecular flexibility index (Phi) is 8.24. The van der Waals surface area contributed by atoms with Gasteiger partial charge in [-0.2, -0.15) is 13.2 Å². The van der Waals surface area contributed by atoms with Crippen molar-refractivity contribution in [1.82, 2.24) is 9.97 Å². The lowest BCUT2D eigenvalue weighted by molar-refractivity contribution is -0.140. The summed E-state index contributed by atoms with van der Waals surface area (Å²) in [6.07, 6.45) is -0.542. The molecule has 0 amide bonds. The van der Waals surface area contributed by atoms with Crippen molar-refractivity contribution in [1.29, 1.82) is 0 Å².